The van der Waals surface area contributed by atoms with Gasteiger partial charge in [0.2, 0.25) is 5.91 Å². The molecule has 0 atom stereocenters. The second-order valence-electron chi connectivity index (χ2n) is 5.89. The van der Waals surface area contributed by atoms with Crippen molar-refractivity contribution in [3.63, 3.8) is 0 Å². The predicted octanol–water partition coefficient (Wildman–Crippen LogP) is 3.44. The molecule has 2 aromatic carbocycles. The smallest absolute Gasteiger partial charge is 0.269 e. The van der Waals surface area contributed by atoms with E-state index in [1.54, 1.807) is 29.6 Å². The topological polar surface area (TPSA) is 76.9 Å². The molecule has 0 aliphatic rings. The third-order valence-corrected chi connectivity index (χ3v) is 4.78. The van der Waals surface area contributed by atoms with Gasteiger partial charge in [-0.3, -0.25) is 14.2 Å². The zero-order chi connectivity index (χ0) is 19.7. The van der Waals surface area contributed by atoms with Gasteiger partial charge in [0.1, 0.15) is 6.54 Å². The van der Waals surface area contributed by atoms with E-state index in [-0.39, 0.29) is 11.7 Å². The van der Waals surface area contributed by atoms with Crippen LogP contribution in [0.4, 0.5) is 13.9 Å². The fourth-order valence-corrected chi connectivity index (χ4v) is 3.44. The molecular formula is C19H12F2N4O2S. The lowest BCUT2D eigenvalue weighted by Crippen LogP contribution is -2.27. The van der Waals surface area contributed by atoms with E-state index in [0.717, 1.165) is 23.5 Å². The average molecular weight is 398 g/mol. The molecule has 0 saturated heterocycles. The van der Waals surface area contributed by atoms with Crippen molar-refractivity contribution in [3.8, 4) is 11.3 Å². The molecule has 4 aromatic rings. The molecule has 0 bridgehead atoms. The molecule has 140 valence electrons. The summed E-state index contributed by atoms with van der Waals surface area (Å²) in [5.74, 6) is -2.35. The lowest BCUT2D eigenvalue weighted by Gasteiger charge is -2.08. The van der Waals surface area contributed by atoms with E-state index in [1.807, 2.05) is 0 Å². The van der Waals surface area contributed by atoms with Crippen LogP contribution in [0.2, 0.25) is 0 Å². The van der Waals surface area contributed by atoms with Crippen LogP contribution in [-0.2, 0) is 11.3 Å². The molecule has 0 spiro atoms. The molecule has 0 radical (unpaired) electrons. The number of halogens is 2. The Kier molecular flexibility index (Phi) is 4.66. The van der Waals surface area contributed by atoms with Gasteiger partial charge in [0.05, 0.1) is 22.9 Å². The number of aromatic nitrogens is 3. The van der Waals surface area contributed by atoms with E-state index in [2.05, 4.69) is 15.3 Å². The number of carbonyl (C=O) groups excluding carboxylic acids is 1. The molecule has 0 unspecified atom stereocenters. The van der Waals surface area contributed by atoms with Crippen molar-refractivity contribution in [1.82, 2.24) is 14.5 Å². The van der Waals surface area contributed by atoms with Gasteiger partial charge in [0.25, 0.3) is 5.56 Å². The van der Waals surface area contributed by atoms with Gasteiger partial charge in [-0.15, -0.1) is 11.3 Å². The number of rotatable bonds is 4. The Labute approximate surface area is 161 Å². The standard InChI is InChI=1S/C19H12F2N4O2S/c20-12-6-5-11(7-13(12)21)15-10-28-19(23-15)24-17(26)9-25-16-4-2-1-3-14(16)22-8-18(25)27/h1-8,10H,9H2,(H,23,24,26). The maximum atomic E-state index is 13.4. The van der Waals surface area contributed by atoms with E-state index in [9.17, 15) is 18.4 Å². The van der Waals surface area contributed by atoms with Crippen molar-refractivity contribution in [2.75, 3.05) is 5.32 Å². The molecule has 28 heavy (non-hydrogen) atoms. The Morgan fingerprint density at radius 3 is 2.79 bits per heavy atom. The minimum Gasteiger partial charge on any atom is -0.300 e. The number of nitrogens with one attached hydrogen (secondary N) is 1. The SMILES string of the molecule is O=C(Cn1c(=O)cnc2ccccc21)Nc1nc(-c2ccc(F)c(F)c2)cs1. The summed E-state index contributed by atoms with van der Waals surface area (Å²) in [6, 6.07) is 10.5. The number of para-hydroxylation sites is 2. The predicted molar refractivity (Wildman–Crippen MR) is 102 cm³/mol. The average Bonchev–Trinajstić information content (AvgIpc) is 3.14. The van der Waals surface area contributed by atoms with Crippen LogP contribution in [0.3, 0.4) is 0 Å². The maximum Gasteiger partial charge on any atom is 0.269 e. The minimum absolute atomic E-state index is 0.206. The molecular weight excluding hydrogens is 386 g/mol. The van der Waals surface area contributed by atoms with Crippen LogP contribution in [0.1, 0.15) is 0 Å². The van der Waals surface area contributed by atoms with Crippen LogP contribution in [0.25, 0.3) is 22.3 Å². The zero-order valence-electron chi connectivity index (χ0n) is 14.2. The number of anilines is 1. The highest BCUT2D eigenvalue weighted by atomic mass is 32.1. The van der Waals surface area contributed by atoms with Crippen LogP contribution in [0.5, 0.6) is 0 Å². The number of fused-ring (bicyclic) bond motifs is 1. The van der Waals surface area contributed by atoms with Crippen LogP contribution in [-0.4, -0.2) is 20.4 Å². The molecule has 0 aliphatic heterocycles. The summed E-state index contributed by atoms with van der Waals surface area (Å²) in [5.41, 5.74) is 1.56. The summed E-state index contributed by atoms with van der Waals surface area (Å²) in [5, 5.41) is 4.53. The number of benzene rings is 2. The van der Waals surface area contributed by atoms with Gasteiger partial charge in [-0.2, -0.15) is 0 Å². The fraction of sp³-hybridized carbons (Fsp3) is 0.0526. The van der Waals surface area contributed by atoms with Gasteiger partial charge < -0.3 is 5.32 Å². The maximum absolute atomic E-state index is 13.4. The summed E-state index contributed by atoms with van der Waals surface area (Å²) >= 11 is 1.14. The van der Waals surface area contributed by atoms with Crippen LogP contribution < -0.4 is 10.9 Å². The molecule has 2 aromatic heterocycles. The minimum atomic E-state index is -0.972. The zero-order valence-corrected chi connectivity index (χ0v) is 15.0. The Morgan fingerprint density at radius 1 is 1.14 bits per heavy atom. The number of carbonyl (C=O) groups is 1. The number of hydrogen-bond acceptors (Lipinski definition) is 5. The van der Waals surface area contributed by atoms with Gasteiger partial charge in [0.15, 0.2) is 16.8 Å². The fourth-order valence-electron chi connectivity index (χ4n) is 2.70. The summed E-state index contributed by atoms with van der Waals surface area (Å²) in [6.45, 7) is -0.206. The second kappa shape index (κ2) is 7.28. The molecule has 0 aliphatic carbocycles. The summed E-state index contributed by atoms with van der Waals surface area (Å²) in [6.07, 6.45) is 1.17. The number of thiazole rings is 1. The van der Waals surface area contributed by atoms with Crippen LogP contribution in [0, 0.1) is 11.6 Å². The Hall–Kier alpha value is -3.46. The molecule has 1 amide bonds. The van der Waals surface area contributed by atoms with E-state index in [1.165, 1.54) is 16.8 Å². The van der Waals surface area contributed by atoms with Crippen LogP contribution >= 0.6 is 11.3 Å². The van der Waals surface area contributed by atoms with Crippen molar-refractivity contribution >= 4 is 33.4 Å². The lowest BCUT2D eigenvalue weighted by atomic mass is 10.2. The number of amides is 1. The molecule has 6 nitrogen and oxygen atoms in total. The molecule has 2 heterocycles. The van der Waals surface area contributed by atoms with Gasteiger partial charge >= 0.3 is 0 Å². The third kappa shape index (κ3) is 3.52. The molecule has 0 fully saturated rings. The molecule has 9 heteroatoms. The van der Waals surface area contributed by atoms with E-state index < -0.39 is 23.1 Å². The van der Waals surface area contributed by atoms with Crippen molar-refractivity contribution < 1.29 is 13.6 Å². The monoisotopic (exact) mass is 398 g/mol. The second-order valence-corrected chi connectivity index (χ2v) is 6.74. The molecule has 1 N–H and O–H groups in total. The van der Waals surface area contributed by atoms with E-state index in [0.29, 0.717) is 22.3 Å². The lowest BCUT2D eigenvalue weighted by molar-refractivity contribution is -0.116. The van der Waals surface area contributed by atoms with Gasteiger partial charge in [-0.1, -0.05) is 12.1 Å². The largest absolute Gasteiger partial charge is 0.300 e. The normalized spacial score (nSPS) is 10.9. The highest BCUT2D eigenvalue weighted by Gasteiger charge is 2.12. The highest BCUT2D eigenvalue weighted by Crippen LogP contribution is 2.26. The van der Waals surface area contributed by atoms with E-state index >= 15 is 0 Å². The quantitative estimate of drug-likeness (QED) is 0.571. The summed E-state index contributed by atoms with van der Waals surface area (Å²) in [4.78, 5) is 32.8. The summed E-state index contributed by atoms with van der Waals surface area (Å²) < 4.78 is 27.8. The first-order valence-corrected chi connectivity index (χ1v) is 9.04. The Bertz CT molecular complexity index is 1250. The van der Waals surface area contributed by atoms with Crippen molar-refractivity contribution in [3.05, 3.63) is 76.0 Å². The van der Waals surface area contributed by atoms with Crippen molar-refractivity contribution in [2.24, 2.45) is 0 Å². The Morgan fingerprint density at radius 2 is 1.96 bits per heavy atom. The third-order valence-electron chi connectivity index (χ3n) is 4.02. The number of hydrogen-bond donors (Lipinski definition) is 1. The first kappa shape index (κ1) is 17.9. The highest BCUT2D eigenvalue weighted by molar-refractivity contribution is 7.14. The van der Waals surface area contributed by atoms with Crippen molar-refractivity contribution in [1.29, 1.82) is 0 Å². The first-order valence-electron chi connectivity index (χ1n) is 8.16. The molecule has 0 saturated carbocycles. The van der Waals surface area contributed by atoms with Gasteiger partial charge in [-0.05, 0) is 30.3 Å². The van der Waals surface area contributed by atoms with Crippen LogP contribution in [0.15, 0.2) is 58.8 Å². The Balaban J connectivity index is 1.54. The first-order chi connectivity index (χ1) is 13.5. The van der Waals surface area contributed by atoms with E-state index in [4.69, 9.17) is 0 Å². The molecule has 4 rings (SSSR count). The van der Waals surface area contributed by atoms with Crippen molar-refractivity contribution in [2.45, 2.75) is 6.54 Å². The number of nitrogens with zero attached hydrogens (tertiary/aromatic N) is 3. The summed E-state index contributed by atoms with van der Waals surface area (Å²) in [7, 11) is 0. The van der Waals surface area contributed by atoms with Gasteiger partial charge in [0, 0.05) is 10.9 Å². The van der Waals surface area contributed by atoms with Gasteiger partial charge in [-0.25, -0.2) is 18.7 Å².